The van der Waals surface area contributed by atoms with Gasteiger partial charge < -0.3 is 16.4 Å². The molecule has 5 nitrogen and oxygen atoms in total. The van der Waals surface area contributed by atoms with Gasteiger partial charge in [0.15, 0.2) is 0 Å². The molecule has 0 unspecified atom stereocenters. The number of carbonyl (C=O) groups is 1. The average molecular weight is 327 g/mol. The molecule has 19 heavy (non-hydrogen) atoms. The van der Waals surface area contributed by atoms with Gasteiger partial charge in [0, 0.05) is 19.0 Å². The van der Waals surface area contributed by atoms with E-state index in [0.717, 1.165) is 35.1 Å². The first-order valence-electron chi connectivity index (χ1n) is 6.51. The van der Waals surface area contributed by atoms with E-state index in [4.69, 9.17) is 5.73 Å². The lowest BCUT2D eigenvalue weighted by Crippen LogP contribution is -2.25. The second-order valence-electron chi connectivity index (χ2n) is 4.87. The molecule has 1 aliphatic carbocycles. The zero-order valence-corrected chi connectivity index (χ0v) is 12.6. The first kappa shape index (κ1) is 14.1. The van der Waals surface area contributed by atoms with E-state index in [0.29, 0.717) is 24.7 Å². The normalized spacial score (nSPS) is 14.2. The second kappa shape index (κ2) is 6.23. The molecule has 0 aromatic carbocycles. The molecule has 0 radical (unpaired) electrons. The maximum Gasteiger partial charge on any atom is 0.220 e. The number of nitrogen functional groups attached to an aromatic ring is 1. The maximum absolute atomic E-state index is 11.5. The summed E-state index contributed by atoms with van der Waals surface area (Å²) in [5, 5.41) is 6.18. The third-order valence-corrected chi connectivity index (χ3v) is 4.09. The highest BCUT2D eigenvalue weighted by Gasteiger charge is 2.22. The molecule has 0 saturated heterocycles. The van der Waals surface area contributed by atoms with Crippen molar-refractivity contribution in [1.82, 2.24) is 10.3 Å². The molecule has 0 bridgehead atoms. The first-order valence-corrected chi connectivity index (χ1v) is 7.31. The number of pyridine rings is 1. The minimum Gasteiger partial charge on any atom is -0.397 e. The standard InChI is InChI=1S/C13H19BrN4O/c1-8-10(15)7-17-13(12(8)14)16-6-2-3-11(19)18-9-4-5-9/h7,9H,2-6,15H2,1H3,(H,16,17)(H,18,19). The smallest absolute Gasteiger partial charge is 0.220 e. The highest BCUT2D eigenvalue weighted by atomic mass is 79.9. The molecule has 0 spiro atoms. The van der Waals surface area contributed by atoms with Gasteiger partial charge in [-0.3, -0.25) is 4.79 Å². The Balaban J connectivity index is 1.73. The molecule has 1 heterocycles. The van der Waals surface area contributed by atoms with Crippen LogP contribution in [0.4, 0.5) is 11.5 Å². The Morgan fingerprint density at radius 1 is 1.58 bits per heavy atom. The Morgan fingerprint density at radius 2 is 2.32 bits per heavy atom. The fourth-order valence-corrected chi connectivity index (χ4v) is 2.17. The van der Waals surface area contributed by atoms with Gasteiger partial charge in [0.05, 0.1) is 16.4 Å². The highest BCUT2D eigenvalue weighted by Crippen LogP contribution is 2.27. The van der Waals surface area contributed by atoms with Gasteiger partial charge in [-0.05, 0) is 47.7 Å². The number of rotatable bonds is 6. The van der Waals surface area contributed by atoms with Crippen molar-refractivity contribution in [3.05, 3.63) is 16.2 Å². The van der Waals surface area contributed by atoms with Gasteiger partial charge in [0.1, 0.15) is 5.82 Å². The molecule has 0 aliphatic heterocycles. The Morgan fingerprint density at radius 3 is 3.00 bits per heavy atom. The summed E-state index contributed by atoms with van der Waals surface area (Å²) in [5.41, 5.74) is 7.41. The summed E-state index contributed by atoms with van der Waals surface area (Å²) in [4.78, 5) is 15.7. The van der Waals surface area contributed by atoms with Gasteiger partial charge in [-0.15, -0.1) is 0 Å². The van der Waals surface area contributed by atoms with Crippen molar-refractivity contribution in [2.24, 2.45) is 0 Å². The Kier molecular flexibility index (Phi) is 4.63. The molecule has 1 fully saturated rings. The van der Waals surface area contributed by atoms with Gasteiger partial charge in [-0.25, -0.2) is 4.98 Å². The number of hydrogen-bond acceptors (Lipinski definition) is 4. The van der Waals surface area contributed by atoms with Crippen LogP contribution in [0, 0.1) is 6.92 Å². The quantitative estimate of drug-likeness (QED) is 0.700. The molecular formula is C13H19BrN4O. The lowest BCUT2D eigenvalue weighted by atomic mass is 10.2. The van der Waals surface area contributed by atoms with Crippen molar-refractivity contribution in [2.75, 3.05) is 17.6 Å². The van der Waals surface area contributed by atoms with Gasteiger partial charge in [0.2, 0.25) is 5.91 Å². The van der Waals surface area contributed by atoms with Gasteiger partial charge in [-0.2, -0.15) is 0 Å². The monoisotopic (exact) mass is 326 g/mol. The predicted molar refractivity (Wildman–Crippen MR) is 80.0 cm³/mol. The molecule has 0 atom stereocenters. The molecule has 1 saturated carbocycles. The molecule has 1 amide bonds. The summed E-state index contributed by atoms with van der Waals surface area (Å²) >= 11 is 3.47. The van der Waals surface area contributed by atoms with Crippen LogP contribution in [0.2, 0.25) is 0 Å². The molecule has 104 valence electrons. The van der Waals surface area contributed by atoms with Crippen molar-refractivity contribution in [3.63, 3.8) is 0 Å². The van der Waals surface area contributed by atoms with Crippen LogP contribution in [-0.2, 0) is 4.79 Å². The molecule has 1 aromatic heterocycles. The van der Waals surface area contributed by atoms with Gasteiger partial charge in [-0.1, -0.05) is 0 Å². The SMILES string of the molecule is Cc1c(N)cnc(NCCCC(=O)NC2CC2)c1Br. The number of nitrogens with two attached hydrogens (primary N) is 1. The molecule has 1 aromatic rings. The van der Waals surface area contributed by atoms with Crippen molar-refractivity contribution in [1.29, 1.82) is 0 Å². The van der Waals surface area contributed by atoms with Crippen LogP contribution in [-0.4, -0.2) is 23.5 Å². The number of halogens is 1. The number of hydrogen-bond donors (Lipinski definition) is 3. The topological polar surface area (TPSA) is 80.0 Å². The highest BCUT2D eigenvalue weighted by molar-refractivity contribution is 9.10. The van der Waals surface area contributed by atoms with E-state index in [9.17, 15) is 4.79 Å². The van der Waals surface area contributed by atoms with E-state index >= 15 is 0 Å². The van der Waals surface area contributed by atoms with Crippen LogP contribution < -0.4 is 16.4 Å². The number of nitrogens with one attached hydrogen (secondary N) is 2. The summed E-state index contributed by atoms with van der Waals surface area (Å²) < 4.78 is 0.884. The van der Waals surface area contributed by atoms with Gasteiger partial charge in [0.25, 0.3) is 0 Å². The molecule has 6 heteroatoms. The van der Waals surface area contributed by atoms with Crippen LogP contribution in [0.5, 0.6) is 0 Å². The van der Waals surface area contributed by atoms with Crippen LogP contribution in [0.15, 0.2) is 10.7 Å². The van der Waals surface area contributed by atoms with Crippen molar-refractivity contribution >= 4 is 33.3 Å². The largest absolute Gasteiger partial charge is 0.397 e. The van der Waals surface area contributed by atoms with E-state index < -0.39 is 0 Å². The average Bonchev–Trinajstić information content (AvgIpc) is 3.18. The van der Waals surface area contributed by atoms with Gasteiger partial charge >= 0.3 is 0 Å². The lowest BCUT2D eigenvalue weighted by molar-refractivity contribution is -0.121. The van der Waals surface area contributed by atoms with E-state index in [1.54, 1.807) is 6.20 Å². The van der Waals surface area contributed by atoms with Crippen molar-refractivity contribution < 1.29 is 4.79 Å². The van der Waals surface area contributed by atoms with E-state index in [1.165, 1.54) is 0 Å². The lowest BCUT2D eigenvalue weighted by Gasteiger charge is -2.10. The molecule has 2 rings (SSSR count). The minimum absolute atomic E-state index is 0.143. The van der Waals surface area contributed by atoms with Crippen molar-refractivity contribution in [3.8, 4) is 0 Å². The zero-order valence-electron chi connectivity index (χ0n) is 11.0. The summed E-state index contributed by atoms with van der Waals surface area (Å²) in [7, 11) is 0. The summed E-state index contributed by atoms with van der Waals surface area (Å²) in [6, 6.07) is 0.441. The number of nitrogens with zero attached hydrogens (tertiary/aromatic N) is 1. The maximum atomic E-state index is 11.5. The number of amides is 1. The molecule has 1 aliphatic rings. The van der Waals surface area contributed by atoms with E-state index in [-0.39, 0.29) is 5.91 Å². The Hall–Kier alpha value is -1.30. The summed E-state index contributed by atoms with van der Waals surface area (Å²) in [6.45, 7) is 2.66. The Labute approximate surface area is 121 Å². The van der Waals surface area contributed by atoms with Crippen LogP contribution >= 0.6 is 15.9 Å². The zero-order chi connectivity index (χ0) is 13.8. The third-order valence-electron chi connectivity index (χ3n) is 3.12. The Bertz CT molecular complexity index is 474. The summed E-state index contributed by atoms with van der Waals surface area (Å²) in [5.74, 6) is 0.916. The second-order valence-corrected chi connectivity index (χ2v) is 5.67. The van der Waals surface area contributed by atoms with Crippen LogP contribution in [0.25, 0.3) is 0 Å². The van der Waals surface area contributed by atoms with E-state index in [1.807, 2.05) is 6.92 Å². The first-order chi connectivity index (χ1) is 9.08. The number of carbonyl (C=O) groups excluding carboxylic acids is 1. The van der Waals surface area contributed by atoms with Crippen LogP contribution in [0.3, 0.4) is 0 Å². The minimum atomic E-state index is 0.143. The fourth-order valence-electron chi connectivity index (χ4n) is 1.70. The van der Waals surface area contributed by atoms with Crippen molar-refractivity contribution in [2.45, 2.75) is 38.6 Å². The number of anilines is 2. The number of aromatic nitrogens is 1. The predicted octanol–water partition coefficient (Wildman–Crippen LogP) is 2.21. The molecular weight excluding hydrogens is 308 g/mol. The molecule has 4 N–H and O–H groups in total. The summed E-state index contributed by atoms with van der Waals surface area (Å²) in [6.07, 6.45) is 5.24. The van der Waals surface area contributed by atoms with E-state index in [2.05, 4.69) is 31.5 Å². The third kappa shape index (κ3) is 4.09. The van der Waals surface area contributed by atoms with Crippen LogP contribution in [0.1, 0.15) is 31.2 Å². The fraction of sp³-hybridized carbons (Fsp3) is 0.538.